The molecule has 0 bridgehead atoms. The van der Waals surface area contributed by atoms with Gasteiger partial charge in [-0.15, -0.1) is 13.2 Å². The van der Waals surface area contributed by atoms with Crippen molar-refractivity contribution in [3.05, 3.63) is 94.8 Å². The van der Waals surface area contributed by atoms with E-state index in [4.69, 9.17) is 0 Å². The van der Waals surface area contributed by atoms with Crippen LogP contribution >= 0.6 is 12.1 Å². The smallest absolute Gasteiger partial charge is 0.406 e. The maximum atomic E-state index is 12.5. The van der Waals surface area contributed by atoms with E-state index >= 15 is 0 Å². The van der Waals surface area contributed by atoms with Gasteiger partial charge in [0.05, 0.1) is 29.7 Å². The summed E-state index contributed by atoms with van der Waals surface area (Å²) in [7, 11) is 0. The molecule has 0 spiro atoms. The summed E-state index contributed by atoms with van der Waals surface area (Å²) in [6, 6.07) is 17.1. The highest BCUT2D eigenvalue weighted by atomic mass is 32.2. The Morgan fingerprint density at radius 3 is 2.51 bits per heavy atom. The third kappa shape index (κ3) is 6.09. The number of carbonyl (C=O) groups is 1. The van der Waals surface area contributed by atoms with E-state index < -0.39 is 6.36 Å². The van der Waals surface area contributed by atoms with Crippen molar-refractivity contribution in [2.45, 2.75) is 33.1 Å². The Bertz CT molecular complexity index is 1530. The highest BCUT2D eigenvalue weighted by Crippen LogP contribution is 2.35. The normalized spacial score (nSPS) is 12.6. The Balaban J connectivity index is 1.23. The van der Waals surface area contributed by atoms with E-state index in [9.17, 15) is 18.0 Å². The van der Waals surface area contributed by atoms with E-state index in [1.54, 1.807) is 29.2 Å². The van der Waals surface area contributed by atoms with Crippen LogP contribution in [0.3, 0.4) is 0 Å². The van der Waals surface area contributed by atoms with Crippen molar-refractivity contribution in [3.63, 3.8) is 0 Å². The Kier molecular flexibility index (Phi) is 7.34. The number of amides is 2. The largest absolute Gasteiger partial charge is 0.573 e. The zero-order valence-electron chi connectivity index (χ0n) is 21.0. The number of para-hydroxylation sites is 1. The van der Waals surface area contributed by atoms with Gasteiger partial charge in [-0.2, -0.15) is 5.10 Å². The zero-order chi connectivity index (χ0) is 27.6. The zero-order valence-corrected chi connectivity index (χ0v) is 21.9. The molecule has 1 heterocycles. The monoisotopic (exact) mass is 551 g/mol. The molecule has 0 radical (unpaired) electrons. The second-order valence-electron chi connectivity index (χ2n) is 9.02. The average molecular weight is 552 g/mol. The predicted octanol–water partition coefficient (Wildman–Crippen LogP) is 6.96. The number of anilines is 1. The highest BCUT2D eigenvalue weighted by Gasteiger charge is 2.31. The SMILES string of the molecule is Cc1cccc(C)c1NC(=O)NSN=Cc1ccc2c(c1)CCc1c-2cnn1-c1ccc(OC(F)(F)F)cc1. The van der Waals surface area contributed by atoms with Gasteiger partial charge in [-0.1, -0.05) is 30.3 Å². The number of halogens is 3. The fourth-order valence-corrected chi connectivity index (χ4v) is 4.93. The first kappa shape index (κ1) is 26.4. The molecule has 1 aliphatic carbocycles. The molecule has 0 saturated heterocycles. The molecular weight excluding hydrogens is 527 g/mol. The van der Waals surface area contributed by atoms with Gasteiger partial charge in [0.25, 0.3) is 0 Å². The minimum Gasteiger partial charge on any atom is -0.406 e. The number of aromatic nitrogens is 2. The van der Waals surface area contributed by atoms with Crippen molar-refractivity contribution in [2.24, 2.45) is 4.40 Å². The first-order valence-electron chi connectivity index (χ1n) is 12.1. The van der Waals surface area contributed by atoms with Crippen molar-refractivity contribution in [1.82, 2.24) is 14.5 Å². The topological polar surface area (TPSA) is 80.5 Å². The molecule has 1 aliphatic rings. The number of fused-ring (bicyclic) bond motifs is 3. The minimum absolute atomic E-state index is 0.276. The van der Waals surface area contributed by atoms with Crippen LogP contribution in [-0.4, -0.2) is 28.4 Å². The number of benzene rings is 3. The molecule has 4 aromatic rings. The van der Waals surface area contributed by atoms with E-state index in [0.29, 0.717) is 5.69 Å². The van der Waals surface area contributed by atoms with Crippen molar-refractivity contribution < 1.29 is 22.7 Å². The molecule has 0 unspecified atom stereocenters. The van der Waals surface area contributed by atoms with Crippen molar-refractivity contribution in [2.75, 3.05) is 5.32 Å². The lowest BCUT2D eigenvalue weighted by molar-refractivity contribution is -0.274. The number of alkyl halides is 3. The summed E-state index contributed by atoms with van der Waals surface area (Å²) in [5, 5.41) is 7.34. The molecule has 5 rings (SSSR count). The number of nitrogens with one attached hydrogen (secondary N) is 2. The molecule has 0 fully saturated rings. The van der Waals surface area contributed by atoms with Crippen molar-refractivity contribution >= 4 is 30.1 Å². The molecule has 11 heteroatoms. The number of aryl methyl sites for hydroxylation is 3. The van der Waals surface area contributed by atoms with Gasteiger partial charge in [0.1, 0.15) is 5.75 Å². The van der Waals surface area contributed by atoms with Gasteiger partial charge in [-0.05, 0) is 84.8 Å². The standard InChI is InChI=1S/C28H24F3N5O2S/c1-17-4-3-5-18(2)26(17)34-27(37)35-39-33-15-19-6-12-23-20(14-19)7-13-25-24(23)16-32-36(25)21-8-10-22(11-9-21)38-28(29,30)31/h3-6,8-12,14-16H,7,13H2,1-2H3,(H2,34,35,37). The van der Waals surface area contributed by atoms with Crippen molar-refractivity contribution in [1.29, 1.82) is 0 Å². The molecule has 0 aliphatic heterocycles. The molecule has 3 aromatic carbocycles. The maximum Gasteiger partial charge on any atom is 0.573 e. The first-order valence-corrected chi connectivity index (χ1v) is 12.8. The number of urea groups is 1. The van der Waals surface area contributed by atoms with Gasteiger partial charge in [-0.3, -0.25) is 4.72 Å². The van der Waals surface area contributed by atoms with E-state index in [2.05, 4.69) is 30.3 Å². The molecule has 1 aromatic heterocycles. The summed E-state index contributed by atoms with van der Waals surface area (Å²) in [5.41, 5.74) is 8.46. The van der Waals surface area contributed by atoms with Crippen LogP contribution < -0.4 is 14.8 Å². The quantitative estimate of drug-likeness (QED) is 0.201. The Morgan fingerprint density at radius 1 is 1.05 bits per heavy atom. The Hall–Kier alpha value is -4.25. The summed E-state index contributed by atoms with van der Waals surface area (Å²) in [4.78, 5) is 12.2. The second-order valence-corrected chi connectivity index (χ2v) is 9.62. The number of ether oxygens (including phenoxy) is 1. The third-order valence-electron chi connectivity index (χ3n) is 6.35. The summed E-state index contributed by atoms with van der Waals surface area (Å²) < 4.78 is 50.0. The number of rotatable bonds is 6. The lowest BCUT2D eigenvalue weighted by atomic mass is 9.89. The van der Waals surface area contributed by atoms with Crippen LogP contribution in [0, 0.1) is 13.8 Å². The molecule has 2 N–H and O–H groups in total. The molecule has 39 heavy (non-hydrogen) atoms. The van der Waals surface area contributed by atoms with Crippen molar-refractivity contribution in [3.8, 4) is 22.6 Å². The molecule has 200 valence electrons. The summed E-state index contributed by atoms with van der Waals surface area (Å²) >= 11 is 0.941. The molecule has 0 atom stereocenters. The summed E-state index contributed by atoms with van der Waals surface area (Å²) in [5.74, 6) is -0.276. The van der Waals surface area contributed by atoms with Crippen LogP contribution in [0.2, 0.25) is 0 Å². The van der Waals surface area contributed by atoms with Gasteiger partial charge in [-0.25, -0.2) is 13.9 Å². The van der Waals surface area contributed by atoms with Crippen LogP contribution in [-0.2, 0) is 12.8 Å². The fraction of sp³-hybridized carbons (Fsp3) is 0.179. The van der Waals surface area contributed by atoms with E-state index in [1.165, 1.54) is 12.1 Å². The lowest BCUT2D eigenvalue weighted by Crippen LogP contribution is -2.23. The van der Waals surface area contributed by atoms with Crippen LogP contribution in [0.1, 0.15) is 27.9 Å². The Morgan fingerprint density at radius 2 is 1.79 bits per heavy atom. The van der Waals surface area contributed by atoms with Gasteiger partial charge >= 0.3 is 12.4 Å². The minimum atomic E-state index is -4.73. The van der Waals surface area contributed by atoms with Crippen LogP contribution in [0.25, 0.3) is 16.8 Å². The van der Waals surface area contributed by atoms with Crippen LogP contribution in [0.4, 0.5) is 23.7 Å². The molecule has 7 nitrogen and oxygen atoms in total. The molecule has 2 amide bonds. The summed E-state index contributed by atoms with van der Waals surface area (Å²) in [6.45, 7) is 3.87. The predicted molar refractivity (Wildman–Crippen MR) is 146 cm³/mol. The average Bonchev–Trinajstić information content (AvgIpc) is 3.33. The number of hydrogen-bond donors (Lipinski definition) is 2. The van der Waals surface area contributed by atoms with E-state index in [0.717, 1.165) is 69.7 Å². The van der Waals surface area contributed by atoms with E-state index in [1.807, 2.05) is 44.2 Å². The first-order chi connectivity index (χ1) is 18.7. The second kappa shape index (κ2) is 10.9. The number of hydrogen-bond acceptors (Lipinski definition) is 5. The lowest BCUT2D eigenvalue weighted by Gasteiger charge is -2.18. The summed E-state index contributed by atoms with van der Waals surface area (Å²) in [6.07, 6.45) is 0.223. The third-order valence-corrected chi connectivity index (χ3v) is 6.83. The van der Waals surface area contributed by atoms with Gasteiger partial charge < -0.3 is 10.1 Å². The van der Waals surface area contributed by atoms with Crippen LogP contribution in [0.15, 0.2) is 71.3 Å². The number of nitrogens with zero attached hydrogens (tertiary/aromatic N) is 3. The van der Waals surface area contributed by atoms with Gasteiger partial charge in [0.15, 0.2) is 0 Å². The van der Waals surface area contributed by atoms with Gasteiger partial charge in [0.2, 0.25) is 0 Å². The Labute approximate surface area is 227 Å². The van der Waals surface area contributed by atoms with E-state index in [-0.39, 0.29) is 11.8 Å². The fourth-order valence-electron chi connectivity index (χ4n) is 4.57. The number of carbonyl (C=O) groups excluding carboxylic acids is 1. The molecular formula is C28H24F3N5O2S. The molecule has 0 saturated carbocycles. The van der Waals surface area contributed by atoms with Crippen LogP contribution in [0.5, 0.6) is 5.75 Å². The highest BCUT2D eigenvalue weighted by molar-refractivity contribution is 7.96. The van der Waals surface area contributed by atoms with Gasteiger partial charge in [0, 0.05) is 17.5 Å². The maximum absolute atomic E-state index is 12.5.